The number of fused-ring (bicyclic) bond motifs is 1. The van der Waals surface area contributed by atoms with Gasteiger partial charge in [-0.25, -0.2) is 0 Å². The van der Waals surface area contributed by atoms with Crippen LogP contribution in [0.25, 0.3) is 0 Å². The van der Waals surface area contributed by atoms with Crippen LogP contribution in [0.2, 0.25) is 0 Å². The van der Waals surface area contributed by atoms with Crippen LogP contribution in [0.3, 0.4) is 0 Å². The SMILES string of the molecule is CN(CN1C(=O)c2ccccc2C1=O)C1CC(N)C1. The molecular formula is C14H17N3O2. The van der Waals surface area contributed by atoms with Crippen molar-refractivity contribution in [3.63, 3.8) is 0 Å². The topological polar surface area (TPSA) is 66.6 Å². The third-order valence-corrected chi connectivity index (χ3v) is 4.02. The summed E-state index contributed by atoms with van der Waals surface area (Å²) in [6, 6.07) is 7.60. The lowest BCUT2D eigenvalue weighted by Gasteiger charge is -2.40. The molecule has 1 aliphatic heterocycles. The van der Waals surface area contributed by atoms with Gasteiger partial charge in [0, 0.05) is 12.1 Å². The molecule has 100 valence electrons. The Labute approximate surface area is 112 Å². The average molecular weight is 259 g/mol. The Balaban J connectivity index is 1.73. The van der Waals surface area contributed by atoms with Crippen molar-refractivity contribution in [1.82, 2.24) is 9.80 Å². The molecule has 0 spiro atoms. The first kappa shape index (κ1) is 12.3. The minimum absolute atomic E-state index is 0.198. The van der Waals surface area contributed by atoms with Crippen LogP contribution in [0.1, 0.15) is 33.6 Å². The largest absolute Gasteiger partial charge is 0.328 e. The van der Waals surface area contributed by atoms with E-state index < -0.39 is 0 Å². The number of carbonyl (C=O) groups excluding carboxylic acids is 2. The molecule has 2 N–H and O–H groups in total. The van der Waals surface area contributed by atoms with E-state index >= 15 is 0 Å². The summed E-state index contributed by atoms with van der Waals surface area (Å²) in [5.74, 6) is -0.396. The molecule has 2 amide bonds. The molecule has 19 heavy (non-hydrogen) atoms. The molecule has 1 aliphatic carbocycles. The van der Waals surface area contributed by atoms with Crippen molar-refractivity contribution in [2.24, 2.45) is 5.73 Å². The van der Waals surface area contributed by atoms with Crippen LogP contribution >= 0.6 is 0 Å². The van der Waals surface area contributed by atoms with E-state index in [-0.39, 0.29) is 17.9 Å². The van der Waals surface area contributed by atoms with Crippen molar-refractivity contribution in [3.8, 4) is 0 Å². The molecule has 0 aromatic heterocycles. The standard InChI is InChI=1S/C14H17N3O2/c1-16(10-6-9(15)7-10)8-17-13(18)11-4-2-3-5-12(11)14(17)19/h2-5,9-10H,6-8,15H2,1H3. The van der Waals surface area contributed by atoms with Gasteiger partial charge in [0.15, 0.2) is 0 Å². The Kier molecular flexibility index (Phi) is 2.88. The summed E-state index contributed by atoms with van der Waals surface area (Å²) < 4.78 is 0. The van der Waals surface area contributed by atoms with E-state index in [1.54, 1.807) is 24.3 Å². The number of rotatable bonds is 3. The van der Waals surface area contributed by atoms with Crippen LogP contribution in [-0.2, 0) is 0 Å². The summed E-state index contributed by atoms with van der Waals surface area (Å²) in [5.41, 5.74) is 6.78. The fraction of sp³-hybridized carbons (Fsp3) is 0.429. The Morgan fingerprint density at radius 1 is 1.21 bits per heavy atom. The molecule has 1 aromatic rings. The number of carbonyl (C=O) groups is 2. The van der Waals surface area contributed by atoms with Crippen molar-refractivity contribution >= 4 is 11.8 Å². The zero-order valence-electron chi connectivity index (χ0n) is 10.9. The first-order chi connectivity index (χ1) is 9.08. The minimum Gasteiger partial charge on any atom is -0.328 e. The monoisotopic (exact) mass is 259 g/mol. The van der Waals surface area contributed by atoms with E-state index in [9.17, 15) is 9.59 Å². The van der Waals surface area contributed by atoms with Gasteiger partial charge in [0.2, 0.25) is 0 Å². The van der Waals surface area contributed by atoms with Crippen LogP contribution in [0.5, 0.6) is 0 Å². The Bertz CT molecular complexity index is 502. The Morgan fingerprint density at radius 3 is 2.21 bits per heavy atom. The van der Waals surface area contributed by atoms with Gasteiger partial charge < -0.3 is 5.73 Å². The molecule has 1 heterocycles. The number of benzene rings is 1. The molecule has 0 bridgehead atoms. The predicted octanol–water partition coefficient (Wildman–Crippen LogP) is 0.662. The molecule has 0 saturated heterocycles. The molecular weight excluding hydrogens is 242 g/mol. The highest BCUT2D eigenvalue weighted by molar-refractivity contribution is 6.21. The van der Waals surface area contributed by atoms with Crippen molar-refractivity contribution in [3.05, 3.63) is 35.4 Å². The van der Waals surface area contributed by atoms with Gasteiger partial charge in [0.1, 0.15) is 0 Å². The molecule has 3 rings (SSSR count). The van der Waals surface area contributed by atoms with Gasteiger partial charge >= 0.3 is 0 Å². The van der Waals surface area contributed by atoms with Crippen LogP contribution in [0, 0.1) is 0 Å². The molecule has 2 aliphatic rings. The van der Waals surface area contributed by atoms with Crippen LogP contribution in [0.15, 0.2) is 24.3 Å². The molecule has 0 unspecified atom stereocenters. The number of hydrogen-bond donors (Lipinski definition) is 1. The van der Waals surface area contributed by atoms with Crippen molar-refractivity contribution in [2.45, 2.75) is 24.9 Å². The van der Waals surface area contributed by atoms with Gasteiger partial charge in [-0.15, -0.1) is 0 Å². The summed E-state index contributed by atoms with van der Waals surface area (Å²) >= 11 is 0. The number of hydrogen-bond acceptors (Lipinski definition) is 4. The van der Waals surface area contributed by atoms with Crippen LogP contribution in [0.4, 0.5) is 0 Å². The van der Waals surface area contributed by atoms with Gasteiger partial charge in [-0.2, -0.15) is 0 Å². The normalized spacial score (nSPS) is 25.7. The fourth-order valence-electron chi connectivity index (χ4n) is 2.70. The summed E-state index contributed by atoms with van der Waals surface area (Å²) in [6.45, 7) is 0.337. The third kappa shape index (κ3) is 1.95. The van der Waals surface area contributed by atoms with E-state index in [0.29, 0.717) is 23.8 Å². The number of nitrogens with two attached hydrogens (primary N) is 1. The van der Waals surface area contributed by atoms with Crippen molar-refractivity contribution in [1.29, 1.82) is 0 Å². The second kappa shape index (κ2) is 4.43. The lowest BCUT2D eigenvalue weighted by Crippen LogP contribution is -2.52. The quantitative estimate of drug-likeness (QED) is 0.810. The fourth-order valence-corrected chi connectivity index (χ4v) is 2.70. The number of nitrogens with zero attached hydrogens (tertiary/aromatic N) is 2. The lowest BCUT2D eigenvalue weighted by molar-refractivity contribution is 0.0440. The zero-order chi connectivity index (χ0) is 13.6. The van der Waals surface area contributed by atoms with Crippen molar-refractivity contribution in [2.75, 3.05) is 13.7 Å². The minimum atomic E-state index is -0.198. The van der Waals surface area contributed by atoms with E-state index in [1.807, 2.05) is 11.9 Å². The van der Waals surface area contributed by atoms with Gasteiger partial charge in [0.25, 0.3) is 11.8 Å². The molecule has 0 atom stereocenters. The molecule has 1 fully saturated rings. The maximum absolute atomic E-state index is 12.2. The molecule has 0 radical (unpaired) electrons. The maximum Gasteiger partial charge on any atom is 0.262 e. The van der Waals surface area contributed by atoms with Crippen molar-refractivity contribution < 1.29 is 9.59 Å². The van der Waals surface area contributed by atoms with Gasteiger partial charge in [-0.05, 0) is 32.0 Å². The summed E-state index contributed by atoms with van der Waals surface area (Å²) in [5, 5.41) is 0. The zero-order valence-corrected chi connectivity index (χ0v) is 10.9. The first-order valence-electron chi connectivity index (χ1n) is 6.49. The van der Waals surface area contributed by atoms with Gasteiger partial charge in [-0.1, -0.05) is 12.1 Å². The van der Waals surface area contributed by atoms with Gasteiger partial charge in [0.05, 0.1) is 17.8 Å². The van der Waals surface area contributed by atoms with E-state index in [2.05, 4.69) is 0 Å². The molecule has 5 nitrogen and oxygen atoms in total. The number of amides is 2. The van der Waals surface area contributed by atoms with Crippen LogP contribution in [-0.4, -0.2) is 47.4 Å². The molecule has 1 aromatic carbocycles. The molecule has 1 saturated carbocycles. The number of imide groups is 1. The summed E-state index contributed by atoms with van der Waals surface area (Å²) in [7, 11) is 1.93. The predicted molar refractivity (Wildman–Crippen MR) is 70.6 cm³/mol. The Hall–Kier alpha value is -1.72. The van der Waals surface area contributed by atoms with E-state index in [0.717, 1.165) is 12.8 Å². The molecule has 5 heteroatoms. The van der Waals surface area contributed by atoms with Crippen LogP contribution < -0.4 is 5.73 Å². The highest BCUT2D eigenvalue weighted by Gasteiger charge is 2.38. The Morgan fingerprint density at radius 2 is 1.74 bits per heavy atom. The van der Waals surface area contributed by atoms with Gasteiger partial charge in [-0.3, -0.25) is 19.4 Å². The summed E-state index contributed by atoms with van der Waals surface area (Å²) in [4.78, 5) is 27.7. The third-order valence-electron chi connectivity index (χ3n) is 4.02. The van der Waals surface area contributed by atoms with E-state index in [4.69, 9.17) is 5.73 Å². The summed E-state index contributed by atoms with van der Waals surface area (Å²) in [6.07, 6.45) is 1.86. The highest BCUT2D eigenvalue weighted by atomic mass is 16.2. The smallest absolute Gasteiger partial charge is 0.262 e. The average Bonchev–Trinajstić information content (AvgIpc) is 2.61. The first-order valence-corrected chi connectivity index (χ1v) is 6.49. The lowest BCUT2D eigenvalue weighted by atomic mass is 9.87. The second-order valence-electron chi connectivity index (χ2n) is 5.37. The maximum atomic E-state index is 12.2. The second-order valence-corrected chi connectivity index (χ2v) is 5.37. The highest BCUT2D eigenvalue weighted by Crippen LogP contribution is 2.26. The van der Waals surface area contributed by atoms with E-state index in [1.165, 1.54) is 4.90 Å².